The van der Waals surface area contributed by atoms with Gasteiger partial charge >= 0.3 is 6.09 Å². The van der Waals surface area contributed by atoms with Gasteiger partial charge in [-0.3, -0.25) is 9.59 Å². The molecular weight excluding hydrogens is 350 g/mol. The van der Waals surface area contributed by atoms with Crippen LogP contribution in [0.3, 0.4) is 0 Å². The molecule has 0 saturated heterocycles. The molecular formula is C19H29N3O5. The van der Waals surface area contributed by atoms with Crippen LogP contribution < -0.4 is 20.7 Å². The standard InChI is InChI=1S/C19H29N3O5/c1-19(2,3)27-18(25)22-11-9-16(23)20-12-13-21-17(24)10-14-26-15-7-5-4-6-8-15/h4-8H,9-14H2,1-3H3,(H,20,23)(H,21,24)(H,22,25). The molecule has 0 saturated carbocycles. The van der Waals surface area contributed by atoms with E-state index >= 15 is 0 Å². The molecule has 27 heavy (non-hydrogen) atoms. The van der Waals surface area contributed by atoms with E-state index in [1.807, 2.05) is 30.3 Å². The Morgan fingerprint density at radius 1 is 0.852 bits per heavy atom. The number of benzene rings is 1. The second-order valence-corrected chi connectivity index (χ2v) is 6.79. The van der Waals surface area contributed by atoms with Crippen molar-refractivity contribution in [2.24, 2.45) is 0 Å². The maximum absolute atomic E-state index is 11.7. The predicted octanol–water partition coefficient (Wildman–Crippen LogP) is 1.60. The summed E-state index contributed by atoms with van der Waals surface area (Å²) in [5.41, 5.74) is -0.573. The summed E-state index contributed by atoms with van der Waals surface area (Å²) in [5, 5.41) is 7.88. The zero-order valence-electron chi connectivity index (χ0n) is 16.2. The van der Waals surface area contributed by atoms with Crippen molar-refractivity contribution in [2.75, 3.05) is 26.2 Å². The van der Waals surface area contributed by atoms with Gasteiger partial charge in [0.2, 0.25) is 11.8 Å². The number of hydrogen-bond acceptors (Lipinski definition) is 5. The van der Waals surface area contributed by atoms with E-state index in [2.05, 4.69) is 16.0 Å². The molecule has 0 unspecified atom stereocenters. The van der Waals surface area contributed by atoms with Gasteiger partial charge in [0.05, 0.1) is 13.0 Å². The molecule has 3 amide bonds. The van der Waals surface area contributed by atoms with Crippen LogP contribution in [0.4, 0.5) is 4.79 Å². The van der Waals surface area contributed by atoms with E-state index in [9.17, 15) is 14.4 Å². The quantitative estimate of drug-likeness (QED) is 0.536. The molecule has 0 bridgehead atoms. The van der Waals surface area contributed by atoms with Gasteiger partial charge in [0.25, 0.3) is 0 Å². The fourth-order valence-corrected chi connectivity index (χ4v) is 1.95. The highest BCUT2D eigenvalue weighted by molar-refractivity contribution is 5.77. The van der Waals surface area contributed by atoms with Crippen LogP contribution >= 0.6 is 0 Å². The van der Waals surface area contributed by atoms with Crippen molar-refractivity contribution in [2.45, 2.75) is 39.2 Å². The summed E-state index contributed by atoms with van der Waals surface area (Å²) in [5.74, 6) is 0.358. The van der Waals surface area contributed by atoms with Gasteiger partial charge < -0.3 is 25.4 Å². The lowest BCUT2D eigenvalue weighted by molar-refractivity contribution is -0.123. The Kier molecular flexibility index (Phi) is 9.71. The number of para-hydroxylation sites is 1. The molecule has 3 N–H and O–H groups in total. The van der Waals surface area contributed by atoms with E-state index in [0.29, 0.717) is 19.7 Å². The minimum Gasteiger partial charge on any atom is -0.493 e. The molecule has 1 rings (SSSR count). The molecule has 1 aromatic rings. The molecule has 0 aliphatic rings. The Morgan fingerprint density at radius 2 is 1.44 bits per heavy atom. The van der Waals surface area contributed by atoms with Gasteiger partial charge in [0.15, 0.2) is 0 Å². The van der Waals surface area contributed by atoms with Crippen molar-refractivity contribution in [3.63, 3.8) is 0 Å². The second kappa shape index (κ2) is 11.8. The molecule has 150 valence electrons. The van der Waals surface area contributed by atoms with E-state index in [1.54, 1.807) is 20.8 Å². The summed E-state index contributed by atoms with van der Waals surface area (Å²) in [6, 6.07) is 9.26. The van der Waals surface area contributed by atoms with Crippen LogP contribution in [-0.2, 0) is 14.3 Å². The van der Waals surface area contributed by atoms with Crippen LogP contribution in [0.5, 0.6) is 5.75 Å². The van der Waals surface area contributed by atoms with Crippen LogP contribution in [0, 0.1) is 0 Å². The van der Waals surface area contributed by atoms with Crippen molar-refractivity contribution in [3.05, 3.63) is 30.3 Å². The van der Waals surface area contributed by atoms with Crippen molar-refractivity contribution in [1.82, 2.24) is 16.0 Å². The fourth-order valence-electron chi connectivity index (χ4n) is 1.95. The maximum atomic E-state index is 11.7. The van der Waals surface area contributed by atoms with E-state index in [1.165, 1.54) is 0 Å². The Labute approximate surface area is 160 Å². The lowest BCUT2D eigenvalue weighted by Crippen LogP contribution is -2.37. The maximum Gasteiger partial charge on any atom is 0.407 e. The Bertz CT molecular complexity index is 599. The Morgan fingerprint density at radius 3 is 2.04 bits per heavy atom. The van der Waals surface area contributed by atoms with Gasteiger partial charge in [0.1, 0.15) is 11.4 Å². The van der Waals surface area contributed by atoms with E-state index in [-0.39, 0.29) is 31.2 Å². The molecule has 0 aromatic heterocycles. The van der Waals surface area contributed by atoms with Gasteiger partial charge in [-0.05, 0) is 32.9 Å². The smallest absolute Gasteiger partial charge is 0.407 e. The highest BCUT2D eigenvalue weighted by Crippen LogP contribution is 2.08. The molecule has 0 fully saturated rings. The van der Waals surface area contributed by atoms with Crippen molar-refractivity contribution in [1.29, 1.82) is 0 Å². The van der Waals surface area contributed by atoms with Gasteiger partial charge in [-0.2, -0.15) is 0 Å². The number of nitrogens with one attached hydrogen (secondary N) is 3. The zero-order valence-corrected chi connectivity index (χ0v) is 16.2. The van der Waals surface area contributed by atoms with Crippen molar-refractivity contribution >= 4 is 17.9 Å². The van der Waals surface area contributed by atoms with Crippen LogP contribution in [0.1, 0.15) is 33.6 Å². The molecule has 0 radical (unpaired) electrons. The van der Waals surface area contributed by atoms with E-state index < -0.39 is 11.7 Å². The summed E-state index contributed by atoms with van der Waals surface area (Å²) >= 11 is 0. The summed E-state index contributed by atoms with van der Waals surface area (Å²) in [6.45, 7) is 6.42. The molecule has 0 atom stereocenters. The molecule has 1 aromatic carbocycles. The number of amides is 3. The predicted molar refractivity (Wildman–Crippen MR) is 101 cm³/mol. The molecule has 0 aliphatic carbocycles. The zero-order chi connectivity index (χ0) is 20.1. The molecule has 0 aliphatic heterocycles. The minimum atomic E-state index is -0.573. The van der Waals surface area contributed by atoms with Gasteiger partial charge in [-0.15, -0.1) is 0 Å². The first kappa shape index (κ1) is 22.3. The van der Waals surface area contributed by atoms with Gasteiger partial charge in [0, 0.05) is 26.1 Å². The number of rotatable bonds is 10. The third-order valence-electron chi connectivity index (χ3n) is 3.13. The highest BCUT2D eigenvalue weighted by Gasteiger charge is 2.15. The first-order valence-corrected chi connectivity index (χ1v) is 8.94. The summed E-state index contributed by atoms with van der Waals surface area (Å²) < 4.78 is 10.5. The normalized spacial score (nSPS) is 10.6. The molecule has 0 heterocycles. The largest absolute Gasteiger partial charge is 0.493 e. The molecule has 0 spiro atoms. The van der Waals surface area contributed by atoms with Crippen molar-refractivity contribution < 1.29 is 23.9 Å². The van der Waals surface area contributed by atoms with Crippen LogP contribution in [0.15, 0.2) is 30.3 Å². The topological polar surface area (TPSA) is 106 Å². The number of carbonyl (C=O) groups is 3. The number of alkyl carbamates (subject to hydrolysis) is 1. The molecule has 8 nitrogen and oxygen atoms in total. The average Bonchev–Trinajstić information content (AvgIpc) is 2.58. The van der Waals surface area contributed by atoms with E-state index in [4.69, 9.17) is 9.47 Å². The Hall–Kier alpha value is -2.77. The van der Waals surface area contributed by atoms with E-state index in [0.717, 1.165) is 5.75 Å². The third kappa shape index (κ3) is 12.3. The second-order valence-electron chi connectivity index (χ2n) is 6.79. The fraction of sp³-hybridized carbons (Fsp3) is 0.526. The molecule has 8 heteroatoms. The summed E-state index contributed by atoms with van der Waals surface area (Å²) in [7, 11) is 0. The summed E-state index contributed by atoms with van der Waals surface area (Å²) in [6.07, 6.45) is -0.180. The lowest BCUT2D eigenvalue weighted by atomic mass is 10.2. The van der Waals surface area contributed by atoms with Gasteiger partial charge in [-0.1, -0.05) is 18.2 Å². The summed E-state index contributed by atoms with van der Waals surface area (Å²) in [4.78, 5) is 34.8. The lowest BCUT2D eigenvalue weighted by Gasteiger charge is -2.19. The number of hydrogen-bond donors (Lipinski definition) is 3. The number of ether oxygens (including phenoxy) is 2. The third-order valence-corrected chi connectivity index (χ3v) is 3.13. The first-order valence-electron chi connectivity index (χ1n) is 8.94. The van der Waals surface area contributed by atoms with Crippen molar-refractivity contribution in [3.8, 4) is 5.75 Å². The van der Waals surface area contributed by atoms with Crippen LogP contribution in [0.2, 0.25) is 0 Å². The SMILES string of the molecule is CC(C)(C)OC(=O)NCCC(=O)NCCNC(=O)CCOc1ccccc1. The van der Waals surface area contributed by atoms with Crippen LogP contribution in [-0.4, -0.2) is 49.7 Å². The number of carbonyl (C=O) groups excluding carboxylic acids is 3. The van der Waals surface area contributed by atoms with Gasteiger partial charge in [-0.25, -0.2) is 4.79 Å². The highest BCUT2D eigenvalue weighted by atomic mass is 16.6. The Balaban J connectivity index is 2.01. The first-order chi connectivity index (χ1) is 12.8. The average molecular weight is 379 g/mol. The minimum absolute atomic E-state index is 0.137. The monoisotopic (exact) mass is 379 g/mol. The van der Waals surface area contributed by atoms with Crippen LogP contribution in [0.25, 0.3) is 0 Å².